The van der Waals surface area contributed by atoms with Gasteiger partial charge in [0.25, 0.3) is 5.91 Å². The summed E-state index contributed by atoms with van der Waals surface area (Å²) in [4.78, 5) is 15.5. The summed E-state index contributed by atoms with van der Waals surface area (Å²) in [6, 6.07) is 15.1. The molecule has 0 aliphatic carbocycles. The van der Waals surface area contributed by atoms with Crippen molar-refractivity contribution in [1.29, 1.82) is 0 Å². The van der Waals surface area contributed by atoms with E-state index in [0.29, 0.717) is 21.5 Å². The molecule has 27 heavy (non-hydrogen) atoms. The van der Waals surface area contributed by atoms with Crippen LogP contribution in [-0.2, 0) is 0 Å². The van der Waals surface area contributed by atoms with Crippen LogP contribution in [0.1, 0.15) is 48.7 Å². The highest BCUT2D eigenvalue weighted by Crippen LogP contribution is 2.39. The van der Waals surface area contributed by atoms with Gasteiger partial charge in [-0.15, -0.1) is 0 Å². The van der Waals surface area contributed by atoms with Gasteiger partial charge in [-0.3, -0.25) is 9.69 Å². The molecule has 144 valence electrons. The summed E-state index contributed by atoms with van der Waals surface area (Å²) in [5, 5.41) is 3.93. The number of halogens is 2. The maximum Gasteiger partial charge on any atom is 0.253 e. The zero-order valence-electron chi connectivity index (χ0n) is 16.0. The van der Waals surface area contributed by atoms with Crippen molar-refractivity contribution in [1.82, 2.24) is 10.2 Å². The summed E-state index contributed by atoms with van der Waals surface area (Å²) in [5.74, 6) is 0.446. The minimum absolute atomic E-state index is 0.154. The first-order chi connectivity index (χ1) is 12.8. The normalized spacial score (nSPS) is 24.4. The molecule has 3 nitrogen and oxygen atoms in total. The number of likely N-dealkylation sites (tertiary alicyclic amines) is 1. The second-order valence-corrected chi connectivity index (χ2v) is 8.59. The van der Waals surface area contributed by atoms with Crippen LogP contribution in [0.5, 0.6) is 0 Å². The van der Waals surface area contributed by atoms with Gasteiger partial charge < -0.3 is 5.32 Å². The van der Waals surface area contributed by atoms with Crippen LogP contribution >= 0.6 is 23.2 Å². The Morgan fingerprint density at radius 3 is 2.56 bits per heavy atom. The van der Waals surface area contributed by atoms with Gasteiger partial charge in [0.2, 0.25) is 0 Å². The molecule has 3 atom stereocenters. The summed E-state index contributed by atoms with van der Waals surface area (Å²) >= 11 is 12.4. The molecule has 5 heteroatoms. The monoisotopic (exact) mass is 404 g/mol. The Morgan fingerprint density at radius 1 is 1.19 bits per heavy atom. The molecular weight excluding hydrogens is 379 g/mol. The van der Waals surface area contributed by atoms with E-state index in [4.69, 9.17) is 23.2 Å². The highest BCUT2D eigenvalue weighted by molar-refractivity contribution is 6.43. The van der Waals surface area contributed by atoms with Crippen molar-refractivity contribution in [2.45, 2.75) is 38.3 Å². The van der Waals surface area contributed by atoms with E-state index in [2.05, 4.69) is 43.2 Å². The molecule has 0 radical (unpaired) electrons. The molecule has 1 saturated heterocycles. The second-order valence-electron chi connectivity index (χ2n) is 7.80. The van der Waals surface area contributed by atoms with Crippen molar-refractivity contribution < 1.29 is 4.79 Å². The smallest absolute Gasteiger partial charge is 0.253 e. The standard InChI is InChI=1S/C22H26Cl2N2O/c1-15-12-13-22(2,26(3)14-15)20(16-8-5-4-6-9-16)25-21(27)17-10-7-11-18(23)19(17)24/h4-11,15,20H,12-14H2,1-3H3,(H,25,27)/t15?,20-,22?/m1/s1. The van der Waals surface area contributed by atoms with E-state index in [9.17, 15) is 4.79 Å². The van der Waals surface area contributed by atoms with E-state index in [-0.39, 0.29) is 17.5 Å². The lowest BCUT2D eigenvalue weighted by molar-refractivity contribution is 0.0276. The van der Waals surface area contributed by atoms with E-state index in [0.717, 1.165) is 24.9 Å². The Hall–Kier alpha value is -1.55. The number of piperidine rings is 1. The molecule has 0 aromatic heterocycles. The number of likely N-dealkylation sites (N-methyl/N-ethyl adjacent to an activating group) is 1. The third-order valence-electron chi connectivity index (χ3n) is 5.83. The van der Waals surface area contributed by atoms with Crippen molar-refractivity contribution in [3.05, 3.63) is 69.7 Å². The number of hydrogen-bond acceptors (Lipinski definition) is 2. The van der Waals surface area contributed by atoms with Gasteiger partial charge in [-0.2, -0.15) is 0 Å². The summed E-state index contributed by atoms with van der Waals surface area (Å²) in [6.07, 6.45) is 2.14. The molecule has 1 amide bonds. The van der Waals surface area contributed by atoms with Gasteiger partial charge in [-0.05, 0) is 50.4 Å². The number of nitrogens with one attached hydrogen (secondary N) is 1. The van der Waals surface area contributed by atoms with Gasteiger partial charge >= 0.3 is 0 Å². The summed E-state index contributed by atoms with van der Waals surface area (Å²) < 4.78 is 0. The van der Waals surface area contributed by atoms with Crippen molar-refractivity contribution in [2.24, 2.45) is 5.92 Å². The summed E-state index contributed by atoms with van der Waals surface area (Å²) in [5.41, 5.74) is 1.31. The Labute approximate surface area is 171 Å². The lowest BCUT2D eigenvalue weighted by atomic mass is 9.76. The van der Waals surface area contributed by atoms with E-state index in [1.54, 1.807) is 18.2 Å². The van der Waals surface area contributed by atoms with Crippen LogP contribution in [0, 0.1) is 5.92 Å². The van der Waals surface area contributed by atoms with E-state index >= 15 is 0 Å². The number of carbonyl (C=O) groups is 1. The van der Waals surface area contributed by atoms with Crippen LogP contribution in [-0.4, -0.2) is 29.9 Å². The third kappa shape index (κ3) is 4.16. The number of rotatable bonds is 4. The number of benzene rings is 2. The highest BCUT2D eigenvalue weighted by Gasteiger charge is 2.42. The molecule has 2 aromatic rings. The SMILES string of the molecule is CC1CCC(C)([C@H](NC(=O)c2cccc(Cl)c2Cl)c2ccccc2)N(C)C1. The lowest BCUT2D eigenvalue weighted by Crippen LogP contribution is -2.57. The zero-order chi connectivity index (χ0) is 19.6. The molecule has 2 aromatic carbocycles. The average molecular weight is 405 g/mol. The number of hydrogen-bond donors (Lipinski definition) is 1. The molecule has 0 saturated carbocycles. The van der Waals surface area contributed by atoms with E-state index in [1.165, 1.54) is 0 Å². The maximum absolute atomic E-state index is 13.1. The molecule has 0 bridgehead atoms. The van der Waals surface area contributed by atoms with Crippen LogP contribution < -0.4 is 5.32 Å². The van der Waals surface area contributed by atoms with Gasteiger partial charge in [0, 0.05) is 12.1 Å². The number of amides is 1. The first-order valence-electron chi connectivity index (χ1n) is 9.34. The van der Waals surface area contributed by atoms with Gasteiger partial charge in [-0.25, -0.2) is 0 Å². The minimum Gasteiger partial charge on any atom is -0.343 e. The van der Waals surface area contributed by atoms with Crippen LogP contribution in [0.4, 0.5) is 0 Å². The molecule has 1 fully saturated rings. The van der Waals surface area contributed by atoms with Crippen molar-refractivity contribution >= 4 is 29.1 Å². The van der Waals surface area contributed by atoms with E-state index in [1.807, 2.05) is 18.2 Å². The highest BCUT2D eigenvalue weighted by atomic mass is 35.5. The maximum atomic E-state index is 13.1. The third-order valence-corrected chi connectivity index (χ3v) is 6.65. The van der Waals surface area contributed by atoms with Gasteiger partial charge in [0.05, 0.1) is 21.7 Å². The molecule has 0 spiro atoms. The Kier molecular flexibility index (Phi) is 6.15. The van der Waals surface area contributed by atoms with Gasteiger partial charge in [0.15, 0.2) is 0 Å². The number of nitrogens with zero attached hydrogens (tertiary/aromatic N) is 1. The summed E-state index contributed by atoms with van der Waals surface area (Å²) in [6.45, 7) is 5.52. The Bertz CT molecular complexity index is 811. The minimum atomic E-state index is -0.204. The fraction of sp³-hybridized carbons (Fsp3) is 0.409. The second kappa shape index (κ2) is 8.22. The van der Waals surface area contributed by atoms with Crippen LogP contribution in [0.3, 0.4) is 0 Å². The van der Waals surface area contributed by atoms with Crippen molar-refractivity contribution in [3.63, 3.8) is 0 Å². The molecule has 1 aliphatic heterocycles. The predicted molar refractivity (Wildman–Crippen MR) is 113 cm³/mol. The van der Waals surface area contributed by atoms with Gasteiger partial charge in [0.1, 0.15) is 0 Å². The van der Waals surface area contributed by atoms with Crippen LogP contribution in [0.25, 0.3) is 0 Å². The molecule has 1 aliphatic rings. The molecule has 2 unspecified atom stereocenters. The van der Waals surface area contributed by atoms with Gasteiger partial charge in [-0.1, -0.05) is 66.5 Å². The Morgan fingerprint density at radius 2 is 1.89 bits per heavy atom. The predicted octanol–water partition coefficient (Wildman–Crippen LogP) is 5.58. The van der Waals surface area contributed by atoms with Crippen molar-refractivity contribution in [3.8, 4) is 0 Å². The average Bonchev–Trinajstić information content (AvgIpc) is 2.66. The topological polar surface area (TPSA) is 32.3 Å². The van der Waals surface area contributed by atoms with E-state index < -0.39 is 0 Å². The van der Waals surface area contributed by atoms with Crippen molar-refractivity contribution in [2.75, 3.05) is 13.6 Å². The quantitative estimate of drug-likeness (QED) is 0.720. The fourth-order valence-electron chi connectivity index (χ4n) is 3.99. The largest absolute Gasteiger partial charge is 0.343 e. The molecule has 1 heterocycles. The first-order valence-corrected chi connectivity index (χ1v) is 10.1. The molecular formula is C22H26Cl2N2O. The molecule has 3 rings (SSSR count). The van der Waals surface area contributed by atoms with Crippen LogP contribution in [0.15, 0.2) is 48.5 Å². The fourth-order valence-corrected chi connectivity index (χ4v) is 4.38. The number of carbonyl (C=O) groups excluding carboxylic acids is 1. The first kappa shape index (κ1) is 20.2. The zero-order valence-corrected chi connectivity index (χ0v) is 17.5. The Balaban J connectivity index is 1.96. The lowest BCUT2D eigenvalue weighted by Gasteiger charge is -2.50. The van der Waals surface area contributed by atoms with Crippen LogP contribution in [0.2, 0.25) is 10.0 Å². The summed E-state index contributed by atoms with van der Waals surface area (Å²) in [7, 11) is 2.14. The molecule has 1 N–H and O–H groups in total.